The van der Waals surface area contributed by atoms with Gasteiger partial charge in [-0.3, -0.25) is 14.3 Å². The van der Waals surface area contributed by atoms with E-state index in [9.17, 15) is 14.0 Å². The van der Waals surface area contributed by atoms with Crippen molar-refractivity contribution in [3.63, 3.8) is 0 Å². The van der Waals surface area contributed by atoms with Crippen LogP contribution >= 0.6 is 11.6 Å². The van der Waals surface area contributed by atoms with Crippen molar-refractivity contribution in [2.45, 2.75) is 39.2 Å². The maximum atomic E-state index is 13.1. The van der Waals surface area contributed by atoms with Crippen LogP contribution in [0.1, 0.15) is 59.4 Å². The van der Waals surface area contributed by atoms with Crippen molar-refractivity contribution in [3.05, 3.63) is 75.9 Å². The Morgan fingerprint density at radius 3 is 2.49 bits per heavy atom. The highest BCUT2D eigenvalue weighted by atomic mass is 35.5. The summed E-state index contributed by atoms with van der Waals surface area (Å²) in [5, 5.41) is 7.43. The molecule has 1 aromatic carbocycles. The molecule has 0 unspecified atom stereocenters. The lowest BCUT2D eigenvalue weighted by Crippen LogP contribution is -2.39. The first-order valence-electron chi connectivity index (χ1n) is 11.4. The molecule has 1 fully saturated rings. The van der Waals surface area contributed by atoms with Gasteiger partial charge in [0.15, 0.2) is 0 Å². The molecule has 35 heavy (non-hydrogen) atoms. The number of halogens is 2. The minimum atomic E-state index is -0.402. The zero-order valence-electron chi connectivity index (χ0n) is 19.5. The molecule has 2 aromatic heterocycles. The SMILES string of the molecule is CCC(=O)N1CCC(n2ncc(Cl)c2C(=O)Nc2ncc(C#Cc3ccc(F)cc3)cc2C)CC1. The van der Waals surface area contributed by atoms with E-state index in [-0.39, 0.29) is 28.5 Å². The maximum absolute atomic E-state index is 13.1. The Hall–Kier alpha value is -3.70. The molecule has 1 saturated heterocycles. The summed E-state index contributed by atoms with van der Waals surface area (Å²) >= 11 is 6.33. The largest absolute Gasteiger partial charge is 0.343 e. The van der Waals surface area contributed by atoms with E-state index in [1.165, 1.54) is 18.3 Å². The molecule has 1 aliphatic rings. The highest BCUT2D eigenvalue weighted by Gasteiger charge is 2.28. The molecule has 4 rings (SSSR count). The van der Waals surface area contributed by atoms with E-state index in [1.807, 2.05) is 24.8 Å². The van der Waals surface area contributed by atoms with Crippen molar-refractivity contribution in [2.24, 2.45) is 0 Å². The number of carbonyl (C=O) groups is 2. The van der Waals surface area contributed by atoms with Crippen LogP contribution in [0.4, 0.5) is 10.2 Å². The van der Waals surface area contributed by atoms with Gasteiger partial charge in [0.25, 0.3) is 5.91 Å². The third-order valence-electron chi connectivity index (χ3n) is 5.94. The van der Waals surface area contributed by atoms with Crippen LogP contribution in [0.2, 0.25) is 5.02 Å². The number of nitrogens with zero attached hydrogens (tertiary/aromatic N) is 4. The first-order valence-corrected chi connectivity index (χ1v) is 11.8. The molecule has 1 N–H and O–H groups in total. The number of hydrogen-bond acceptors (Lipinski definition) is 4. The molecule has 1 aliphatic heterocycles. The van der Waals surface area contributed by atoms with Gasteiger partial charge in [0.1, 0.15) is 17.3 Å². The summed E-state index contributed by atoms with van der Waals surface area (Å²) in [4.78, 5) is 31.3. The minimum absolute atomic E-state index is 0.0256. The van der Waals surface area contributed by atoms with E-state index in [4.69, 9.17) is 11.6 Å². The zero-order chi connectivity index (χ0) is 24.9. The molecular formula is C26H25ClFN5O2. The predicted molar refractivity (Wildman–Crippen MR) is 132 cm³/mol. The lowest BCUT2D eigenvalue weighted by Gasteiger charge is -2.32. The highest BCUT2D eigenvalue weighted by Crippen LogP contribution is 2.28. The smallest absolute Gasteiger partial charge is 0.276 e. The number of rotatable bonds is 4. The third kappa shape index (κ3) is 5.69. The van der Waals surface area contributed by atoms with Crippen LogP contribution in [0.5, 0.6) is 0 Å². The minimum Gasteiger partial charge on any atom is -0.343 e. The van der Waals surface area contributed by atoms with Crippen molar-refractivity contribution in [1.29, 1.82) is 0 Å². The Balaban J connectivity index is 1.46. The van der Waals surface area contributed by atoms with E-state index in [1.54, 1.807) is 23.0 Å². The molecule has 2 amide bonds. The summed E-state index contributed by atoms with van der Waals surface area (Å²) in [5.74, 6) is 5.77. The first-order chi connectivity index (χ1) is 16.9. The second-order valence-corrected chi connectivity index (χ2v) is 8.76. The summed E-state index contributed by atoms with van der Waals surface area (Å²) in [5.41, 5.74) is 2.36. The Labute approximate surface area is 208 Å². The van der Waals surface area contributed by atoms with E-state index in [0.29, 0.717) is 49.3 Å². The molecule has 0 radical (unpaired) electrons. The van der Waals surface area contributed by atoms with Crippen molar-refractivity contribution < 1.29 is 14.0 Å². The Kier molecular flexibility index (Phi) is 7.47. The molecule has 9 heteroatoms. The average molecular weight is 494 g/mol. The Morgan fingerprint density at radius 2 is 1.83 bits per heavy atom. The van der Waals surface area contributed by atoms with Gasteiger partial charge in [-0.15, -0.1) is 0 Å². The van der Waals surface area contributed by atoms with Crippen LogP contribution in [0.15, 0.2) is 42.7 Å². The standard InChI is InChI=1S/C26H25ClFN5O2/c1-3-23(34)32-12-10-21(11-13-32)33-24(22(27)16-30-33)26(35)31-25-17(2)14-19(15-29-25)5-4-18-6-8-20(28)9-7-18/h6-9,14-16,21H,3,10-13H2,1-2H3,(H,29,31,35). The fourth-order valence-electron chi connectivity index (χ4n) is 4.03. The first kappa shape index (κ1) is 24.4. The summed E-state index contributed by atoms with van der Waals surface area (Å²) in [6, 6.07) is 7.72. The molecule has 0 saturated carbocycles. The van der Waals surface area contributed by atoms with Gasteiger partial charge in [0.2, 0.25) is 5.91 Å². The number of amides is 2. The van der Waals surface area contributed by atoms with Crippen LogP contribution in [0, 0.1) is 24.6 Å². The number of aryl methyl sites for hydroxylation is 1. The summed E-state index contributed by atoms with van der Waals surface area (Å²) in [6.45, 7) is 4.92. The fraction of sp³-hybridized carbons (Fsp3) is 0.308. The quantitative estimate of drug-likeness (QED) is 0.538. The highest BCUT2D eigenvalue weighted by molar-refractivity contribution is 6.34. The summed E-state index contributed by atoms with van der Waals surface area (Å²) in [6.07, 6.45) is 4.91. The molecular weight excluding hydrogens is 469 g/mol. The Morgan fingerprint density at radius 1 is 1.14 bits per heavy atom. The second kappa shape index (κ2) is 10.7. The van der Waals surface area contributed by atoms with Crippen LogP contribution in [-0.4, -0.2) is 44.6 Å². The fourth-order valence-corrected chi connectivity index (χ4v) is 4.25. The van der Waals surface area contributed by atoms with Gasteiger partial charge in [0.05, 0.1) is 17.3 Å². The molecule has 3 aromatic rings. The van der Waals surface area contributed by atoms with Gasteiger partial charge in [-0.25, -0.2) is 9.37 Å². The summed E-state index contributed by atoms with van der Waals surface area (Å²) in [7, 11) is 0. The predicted octanol–water partition coefficient (Wildman–Crippen LogP) is 4.60. The number of carbonyl (C=O) groups excluding carboxylic acids is 2. The van der Waals surface area contributed by atoms with E-state index in [2.05, 4.69) is 27.2 Å². The van der Waals surface area contributed by atoms with Crippen LogP contribution < -0.4 is 5.32 Å². The summed E-state index contributed by atoms with van der Waals surface area (Å²) < 4.78 is 14.7. The number of likely N-dealkylation sites (tertiary alicyclic amines) is 1. The number of pyridine rings is 1. The van der Waals surface area contributed by atoms with Crippen LogP contribution in [0.25, 0.3) is 0 Å². The number of aromatic nitrogens is 3. The number of hydrogen-bond donors (Lipinski definition) is 1. The Bertz CT molecular complexity index is 1300. The molecule has 0 bridgehead atoms. The van der Waals surface area contributed by atoms with E-state index in [0.717, 1.165) is 5.56 Å². The number of piperidine rings is 1. The van der Waals surface area contributed by atoms with Crippen molar-refractivity contribution in [1.82, 2.24) is 19.7 Å². The zero-order valence-corrected chi connectivity index (χ0v) is 20.3. The van der Waals surface area contributed by atoms with Gasteiger partial charge < -0.3 is 10.2 Å². The lowest BCUT2D eigenvalue weighted by molar-refractivity contribution is -0.132. The molecule has 3 heterocycles. The third-order valence-corrected chi connectivity index (χ3v) is 6.21. The van der Waals surface area contributed by atoms with Gasteiger partial charge >= 0.3 is 0 Å². The van der Waals surface area contributed by atoms with Gasteiger partial charge in [-0.1, -0.05) is 30.4 Å². The normalized spacial score (nSPS) is 13.8. The number of anilines is 1. The topological polar surface area (TPSA) is 80.1 Å². The molecule has 180 valence electrons. The molecule has 0 aliphatic carbocycles. The van der Waals surface area contributed by atoms with Gasteiger partial charge in [-0.05, 0) is 55.7 Å². The molecule has 0 atom stereocenters. The lowest BCUT2D eigenvalue weighted by atomic mass is 10.0. The molecule has 7 nitrogen and oxygen atoms in total. The van der Waals surface area contributed by atoms with Crippen LogP contribution in [0.3, 0.4) is 0 Å². The number of nitrogens with one attached hydrogen (secondary N) is 1. The van der Waals surface area contributed by atoms with Crippen molar-refractivity contribution >= 4 is 29.2 Å². The average Bonchev–Trinajstić information content (AvgIpc) is 3.26. The van der Waals surface area contributed by atoms with E-state index >= 15 is 0 Å². The van der Waals surface area contributed by atoms with E-state index < -0.39 is 5.91 Å². The number of benzene rings is 1. The van der Waals surface area contributed by atoms with Crippen molar-refractivity contribution in [2.75, 3.05) is 18.4 Å². The van der Waals surface area contributed by atoms with Gasteiger partial charge in [-0.2, -0.15) is 5.10 Å². The second-order valence-electron chi connectivity index (χ2n) is 8.35. The van der Waals surface area contributed by atoms with Crippen molar-refractivity contribution in [3.8, 4) is 11.8 Å². The molecule has 0 spiro atoms. The van der Waals surface area contributed by atoms with Gasteiger partial charge in [0, 0.05) is 36.8 Å². The maximum Gasteiger partial charge on any atom is 0.276 e. The monoisotopic (exact) mass is 493 g/mol. The van der Waals surface area contributed by atoms with Crippen LogP contribution in [-0.2, 0) is 4.79 Å².